The first-order valence-corrected chi connectivity index (χ1v) is 14.0. The smallest absolute Gasteiger partial charge is 0.279 e. The van der Waals surface area contributed by atoms with Crippen molar-refractivity contribution in [2.24, 2.45) is 7.05 Å². The van der Waals surface area contributed by atoms with Gasteiger partial charge in [0.1, 0.15) is 11.4 Å². The van der Waals surface area contributed by atoms with Crippen LogP contribution in [-0.2, 0) is 13.5 Å². The number of aromatic nitrogens is 3. The van der Waals surface area contributed by atoms with Crippen LogP contribution in [0.3, 0.4) is 0 Å². The molecule has 3 heterocycles. The number of carbonyl (C=O) groups is 1. The van der Waals surface area contributed by atoms with E-state index < -0.39 is 17.3 Å². The Balaban J connectivity index is 1.37. The van der Waals surface area contributed by atoms with Crippen molar-refractivity contribution in [3.8, 4) is 28.3 Å². The van der Waals surface area contributed by atoms with Crippen molar-refractivity contribution in [3.63, 3.8) is 0 Å². The topological polar surface area (TPSA) is 110 Å². The minimum absolute atomic E-state index is 0.00604. The number of rotatable bonds is 6. The largest absolute Gasteiger partial charge is 0.481 e. The summed E-state index contributed by atoms with van der Waals surface area (Å²) in [7, 11) is 3.00. The quantitative estimate of drug-likeness (QED) is 0.320. The monoisotopic (exact) mass is 609 g/mol. The number of hydrogen-bond donors (Lipinski definition) is 2. The number of halogens is 3. The third-order valence-electron chi connectivity index (χ3n) is 7.79. The van der Waals surface area contributed by atoms with Gasteiger partial charge in [-0.3, -0.25) is 14.5 Å². The standard InChI is InChI=1S/C30H26Cl2FN5O4/c1-37-30(41)19(10-11-34-37)28(40)35-21-8-7-20(33)25(27(21)32)18-5-3-4-17(26(18)31)22-12-15-6-9-23(38-13-16(39)14-38)24(15)29(36-22)42-2/h3-5,7-8,10-12,16,23,39H,6,9,13-14H2,1-2H3,(H,35,40). The molecular formula is C30H26Cl2FN5O4. The molecule has 2 aliphatic rings. The average molecular weight is 610 g/mol. The minimum atomic E-state index is -0.710. The number of ether oxygens (including phenoxy) is 1. The molecule has 1 aliphatic carbocycles. The lowest BCUT2D eigenvalue weighted by atomic mass is 9.98. The molecule has 4 aromatic rings. The number of nitrogens with zero attached hydrogens (tertiary/aromatic N) is 4. The van der Waals surface area contributed by atoms with Crippen LogP contribution in [0.1, 0.15) is 33.9 Å². The highest BCUT2D eigenvalue weighted by atomic mass is 35.5. The van der Waals surface area contributed by atoms with Crippen molar-refractivity contribution in [1.82, 2.24) is 19.7 Å². The van der Waals surface area contributed by atoms with Gasteiger partial charge < -0.3 is 15.2 Å². The van der Waals surface area contributed by atoms with E-state index in [0.717, 1.165) is 28.7 Å². The van der Waals surface area contributed by atoms with Crippen molar-refractivity contribution < 1.29 is 19.0 Å². The normalized spacial score (nSPS) is 16.7. The second-order valence-corrected chi connectivity index (χ2v) is 11.1. The van der Waals surface area contributed by atoms with Gasteiger partial charge in [0.25, 0.3) is 11.5 Å². The van der Waals surface area contributed by atoms with Gasteiger partial charge in [0.05, 0.1) is 34.6 Å². The van der Waals surface area contributed by atoms with E-state index >= 15 is 4.39 Å². The molecule has 1 saturated heterocycles. The van der Waals surface area contributed by atoms with Gasteiger partial charge in [-0.1, -0.05) is 41.4 Å². The first-order valence-electron chi connectivity index (χ1n) is 13.3. The Morgan fingerprint density at radius 3 is 2.64 bits per heavy atom. The molecule has 0 bridgehead atoms. The predicted molar refractivity (Wildman–Crippen MR) is 158 cm³/mol. The summed E-state index contributed by atoms with van der Waals surface area (Å²) in [5.74, 6) is -0.863. The summed E-state index contributed by atoms with van der Waals surface area (Å²) in [5, 5.41) is 16.3. The average Bonchev–Trinajstić information content (AvgIpc) is 3.38. The van der Waals surface area contributed by atoms with E-state index in [4.69, 9.17) is 32.9 Å². The number of nitrogens with one attached hydrogen (secondary N) is 1. The van der Waals surface area contributed by atoms with Gasteiger partial charge in [0.15, 0.2) is 0 Å². The number of aliphatic hydroxyl groups excluding tert-OH is 1. The number of pyridine rings is 1. The summed E-state index contributed by atoms with van der Waals surface area (Å²) in [6.07, 6.45) is 2.73. The van der Waals surface area contributed by atoms with Gasteiger partial charge in [0.2, 0.25) is 5.88 Å². The third-order valence-corrected chi connectivity index (χ3v) is 8.59. The Bertz CT molecular complexity index is 1790. The van der Waals surface area contributed by atoms with Crippen LogP contribution in [0.4, 0.5) is 10.1 Å². The molecule has 1 fully saturated rings. The summed E-state index contributed by atoms with van der Waals surface area (Å²) in [4.78, 5) is 32.2. The Morgan fingerprint density at radius 1 is 1.14 bits per heavy atom. The number of anilines is 1. The maximum atomic E-state index is 15.3. The van der Waals surface area contributed by atoms with Gasteiger partial charge >= 0.3 is 0 Å². The highest BCUT2D eigenvalue weighted by Crippen LogP contribution is 2.46. The number of likely N-dealkylation sites (tertiary alicyclic amines) is 1. The van der Waals surface area contributed by atoms with Crippen LogP contribution in [0.5, 0.6) is 5.88 Å². The lowest BCUT2D eigenvalue weighted by Crippen LogP contribution is -2.51. The zero-order valence-electron chi connectivity index (χ0n) is 22.7. The van der Waals surface area contributed by atoms with Crippen LogP contribution in [0, 0.1) is 5.82 Å². The molecule has 2 aromatic heterocycles. The first kappa shape index (κ1) is 28.3. The number of benzene rings is 2. The van der Waals surface area contributed by atoms with Gasteiger partial charge in [-0.15, -0.1) is 0 Å². The van der Waals surface area contributed by atoms with Crippen LogP contribution >= 0.6 is 23.2 Å². The number of aliphatic hydroxyl groups is 1. The summed E-state index contributed by atoms with van der Waals surface area (Å²) >= 11 is 13.6. The van der Waals surface area contributed by atoms with Crippen LogP contribution in [0.25, 0.3) is 22.4 Å². The summed E-state index contributed by atoms with van der Waals surface area (Å²) in [6, 6.07) is 11.0. The summed E-state index contributed by atoms with van der Waals surface area (Å²) in [6.45, 7) is 1.24. The fraction of sp³-hybridized carbons (Fsp3) is 0.267. The number of methoxy groups -OCH3 is 1. The van der Waals surface area contributed by atoms with E-state index in [0.29, 0.717) is 35.8 Å². The van der Waals surface area contributed by atoms with Crippen molar-refractivity contribution in [2.75, 3.05) is 25.5 Å². The molecule has 1 aliphatic heterocycles. The lowest BCUT2D eigenvalue weighted by Gasteiger charge is -2.40. The molecule has 0 saturated carbocycles. The molecule has 2 aromatic carbocycles. The maximum Gasteiger partial charge on any atom is 0.279 e. The number of fused-ring (bicyclic) bond motifs is 1. The van der Waals surface area contributed by atoms with Crippen molar-refractivity contribution in [2.45, 2.75) is 25.0 Å². The zero-order chi connectivity index (χ0) is 29.7. The van der Waals surface area contributed by atoms with Gasteiger partial charge in [-0.25, -0.2) is 14.1 Å². The Morgan fingerprint density at radius 2 is 1.90 bits per heavy atom. The number of β-amino-alcohol motifs (C(OH)–C–C–N with tert-alkyl or cyclic N) is 1. The Hall–Kier alpha value is -3.83. The second-order valence-electron chi connectivity index (χ2n) is 10.3. The molecular weight excluding hydrogens is 584 g/mol. The highest BCUT2D eigenvalue weighted by molar-refractivity contribution is 6.39. The fourth-order valence-electron chi connectivity index (χ4n) is 5.67. The lowest BCUT2D eigenvalue weighted by molar-refractivity contribution is -0.0256. The third kappa shape index (κ3) is 4.84. The van der Waals surface area contributed by atoms with E-state index in [-0.39, 0.29) is 39.0 Å². The van der Waals surface area contributed by atoms with E-state index in [2.05, 4.69) is 15.3 Å². The van der Waals surface area contributed by atoms with Crippen LogP contribution in [0.15, 0.2) is 53.5 Å². The molecule has 216 valence electrons. The summed E-state index contributed by atoms with van der Waals surface area (Å²) < 4.78 is 22.1. The SMILES string of the molecule is COc1nc(-c2cccc(-c3c(F)ccc(NC(=O)c4ccnn(C)c4=O)c3Cl)c2Cl)cc2c1C(N1CC(O)C1)CC2. The summed E-state index contributed by atoms with van der Waals surface area (Å²) in [5.41, 5.74) is 2.91. The maximum absolute atomic E-state index is 15.3. The predicted octanol–water partition coefficient (Wildman–Crippen LogP) is 4.88. The zero-order valence-corrected chi connectivity index (χ0v) is 24.2. The van der Waals surface area contributed by atoms with E-state index in [1.807, 2.05) is 6.07 Å². The molecule has 1 atom stereocenters. The fourth-order valence-corrected chi connectivity index (χ4v) is 6.29. The number of hydrogen-bond acceptors (Lipinski definition) is 7. The van der Waals surface area contributed by atoms with Crippen molar-refractivity contribution in [1.29, 1.82) is 0 Å². The van der Waals surface area contributed by atoms with Crippen molar-refractivity contribution in [3.05, 3.63) is 91.6 Å². The molecule has 2 N–H and O–H groups in total. The first-order chi connectivity index (χ1) is 20.2. The second kappa shape index (κ2) is 11.1. The number of carbonyl (C=O) groups excluding carboxylic acids is 1. The molecule has 12 heteroatoms. The van der Waals surface area contributed by atoms with E-state index in [1.54, 1.807) is 25.3 Å². The number of aryl methyl sites for hydroxylation is 2. The molecule has 6 rings (SSSR count). The molecule has 42 heavy (non-hydrogen) atoms. The van der Waals surface area contributed by atoms with Crippen LogP contribution < -0.4 is 15.6 Å². The molecule has 9 nitrogen and oxygen atoms in total. The minimum Gasteiger partial charge on any atom is -0.481 e. The van der Waals surface area contributed by atoms with E-state index in [9.17, 15) is 14.7 Å². The van der Waals surface area contributed by atoms with Crippen LogP contribution in [-0.4, -0.2) is 57.0 Å². The van der Waals surface area contributed by atoms with Crippen LogP contribution in [0.2, 0.25) is 10.0 Å². The van der Waals surface area contributed by atoms with E-state index in [1.165, 1.54) is 31.4 Å². The molecule has 1 amide bonds. The molecule has 0 spiro atoms. The Kier molecular flexibility index (Phi) is 7.48. The number of amides is 1. The van der Waals surface area contributed by atoms with Crippen molar-refractivity contribution >= 4 is 34.8 Å². The molecule has 0 radical (unpaired) electrons. The molecule has 1 unspecified atom stereocenters. The van der Waals surface area contributed by atoms with Gasteiger partial charge in [-0.05, 0) is 42.7 Å². The van der Waals surface area contributed by atoms with Gasteiger partial charge in [-0.2, -0.15) is 5.10 Å². The van der Waals surface area contributed by atoms with Gasteiger partial charge in [0, 0.05) is 54.6 Å². The highest BCUT2D eigenvalue weighted by Gasteiger charge is 2.38. The Labute approximate surface area is 250 Å².